The maximum atomic E-state index is 5.25. The van der Waals surface area contributed by atoms with Gasteiger partial charge < -0.3 is 4.90 Å². The molecule has 0 aliphatic carbocycles. The third kappa shape index (κ3) is 1.97. The molecule has 2 N–H and O–H groups in total. The Morgan fingerprint density at radius 1 is 1.58 bits per heavy atom. The highest BCUT2D eigenvalue weighted by Gasteiger charge is 2.35. The lowest BCUT2D eigenvalue weighted by Crippen LogP contribution is -2.38. The molecule has 3 nitrogen and oxygen atoms in total. The maximum absolute atomic E-state index is 5.25. The fourth-order valence-electron chi connectivity index (χ4n) is 1.78. The Bertz CT molecular complexity index is 147. The largest absolute Gasteiger partial charge is 0.303 e. The molecule has 0 spiro atoms. The molecular formula is C9H20N2O. The summed E-state index contributed by atoms with van der Waals surface area (Å²) in [5, 5.41) is 0. The van der Waals surface area contributed by atoms with E-state index in [2.05, 4.69) is 25.7 Å². The van der Waals surface area contributed by atoms with Crippen molar-refractivity contribution in [1.82, 2.24) is 4.90 Å². The fourth-order valence-corrected chi connectivity index (χ4v) is 1.78. The van der Waals surface area contributed by atoms with E-state index in [1.165, 1.54) is 13.0 Å². The zero-order valence-electron chi connectivity index (χ0n) is 8.34. The molecule has 0 bridgehead atoms. The van der Waals surface area contributed by atoms with E-state index in [1.807, 2.05) is 0 Å². The van der Waals surface area contributed by atoms with Crippen LogP contribution in [0.2, 0.25) is 0 Å². The smallest absolute Gasteiger partial charge is 0.0878 e. The molecule has 1 aliphatic rings. The van der Waals surface area contributed by atoms with Crippen molar-refractivity contribution in [3.05, 3.63) is 0 Å². The van der Waals surface area contributed by atoms with Crippen LogP contribution in [0.1, 0.15) is 27.2 Å². The van der Waals surface area contributed by atoms with E-state index >= 15 is 0 Å². The number of likely N-dealkylation sites (tertiary alicyclic amines) is 1. The van der Waals surface area contributed by atoms with Crippen molar-refractivity contribution in [1.29, 1.82) is 0 Å². The quantitative estimate of drug-likeness (QED) is 0.645. The first-order valence-corrected chi connectivity index (χ1v) is 4.70. The van der Waals surface area contributed by atoms with E-state index in [-0.39, 0.29) is 5.60 Å². The first kappa shape index (κ1) is 9.96. The van der Waals surface area contributed by atoms with Crippen molar-refractivity contribution in [2.24, 2.45) is 11.8 Å². The average molecular weight is 172 g/mol. The molecule has 1 atom stereocenters. The van der Waals surface area contributed by atoms with Crippen LogP contribution in [0.25, 0.3) is 0 Å². The van der Waals surface area contributed by atoms with Crippen LogP contribution in [0.15, 0.2) is 0 Å². The van der Waals surface area contributed by atoms with Crippen LogP contribution in [0.5, 0.6) is 0 Å². The number of hydrogen-bond donors (Lipinski definition) is 1. The van der Waals surface area contributed by atoms with E-state index in [0.717, 1.165) is 13.1 Å². The van der Waals surface area contributed by atoms with Gasteiger partial charge in [0.2, 0.25) is 0 Å². The molecule has 1 saturated heterocycles. The summed E-state index contributed by atoms with van der Waals surface area (Å²) in [4.78, 5) is 7.42. The number of nitrogens with two attached hydrogens (primary N) is 1. The molecule has 0 aromatic carbocycles. The summed E-state index contributed by atoms with van der Waals surface area (Å²) in [6, 6.07) is 0. The Hall–Kier alpha value is -0.120. The number of hydrogen-bond acceptors (Lipinski definition) is 3. The van der Waals surface area contributed by atoms with Crippen LogP contribution in [-0.2, 0) is 4.84 Å². The number of rotatable bonds is 3. The number of nitrogens with zero attached hydrogens (tertiary/aromatic N) is 1. The zero-order chi connectivity index (χ0) is 9.19. The molecule has 1 unspecified atom stereocenters. The second-order valence-electron chi connectivity index (χ2n) is 4.10. The van der Waals surface area contributed by atoms with Gasteiger partial charge in [0, 0.05) is 12.5 Å². The van der Waals surface area contributed by atoms with E-state index in [0.29, 0.717) is 5.92 Å². The van der Waals surface area contributed by atoms with E-state index < -0.39 is 0 Å². The third-order valence-corrected chi connectivity index (χ3v) is 3.01. The molecule has 1 rings (SSSR count). The van der Waals surface area contributed by atoms with Crippen LogP contribution in [0.4, 0.5) is 0 Å². The molecule has 1 aliphatic heterocycles. The lowest BCUT2D eigenvalue weighted by atomic mass is 9.90. The Labute approximate surface area is 74.8 Å². The zero-order valence-corrected chi connectivity index (χ0v) is 8.34. The van der Waals surface area contributed by atoms with Crippen molar-refractivity contribution < 1.29 is 4.84 Å². The lowest BCUT2D eigenvalue weighted by Gasteiger charge is -2.28. The van der Waals surface area contributed by atoms with Crippen LogP contribution in [0, 0.1) is 5.92 Å². The lowest BCUT2D eigenvalue weighted by molar-refractivity contribution is -0.0594. The summed E-state index contributed by atoms with van der Waals surface area (Å²) in [7, 11) is 0. The Morgan fingerprint density at radius 3 is 2.67 bits per heavy atom. The normalized spacial score (nSPS) is 26.5. The van der Waals surface area contributed by atoms with Gasteiger partial charge in [-0.25, -0.2) is 5.90 Å². The van der Waals surface area contributed by atoms with Crippen molar-refractivity contribution in [3.63, 3.8) is 0 Å². The van der Waals surface area contributed by atoms with Crippen LogP contribution in [0.3, 0.4) is 0 Å². The van der Waals surface area contributed by atoms with E-state index in [1.54, 1.807) is 0 Å². The monoisotopic (exact) mass is 172 g/mol. The molecule has 1 heterocycles. The van der Waals surface area contributed by atoms with Gasteiger partial charge in [0.05, 0.1) is 5.60 Å². The highest BCUT2D eigenvalue weighted by Crippen LogP contribution is 2.28. The van der Waals surface area contributed by atoms with Crippen molar-refractivity contribution in [3.8, 4) is 0 Å². The van der Waals surface area contributed by atoms with Crippen LogP contribution < -0.4 is 5.90 Å². The van der Waals surface area contributed by atoms with Gasteiger partial charge in [0.1, 0.15) is 0 Å². The van der Waals surface area contributed by atoms with Crippen LogP contribution in [-0.4, -0.2) is 30.1 Å². The summed E-state index contributed by atoms with van der Waals surface area (Å²) in [5.41, 5.74) is -0.163. The third-order valence-electron chi connectivity index (χ3n) is 3.01. The summed E-state index contributed by atoms with van der Waals surface area (Å²) in [6.07, 6.45) is 1.21. The molecule has 0 aromatic rings. The second-order valence-corrected chi connectivity index (χ2v) is 4.10. The first-order chi connectivity index (χ1) is 5.60. The second kappa shape index (κ2) is 3.73. The first-order valence-electron chi connectivity index (χ1n) is 4.70. The molecule has 3 heteroatoms. The summed E-state index contributed by atoms with van der Waals surface area (Å²) >= 11 is 0. The van der Waals surface area contributed by atoms with Gasteiger partial charge in [-0.05, 0) is 33.4 Å². The Morgan fingerprint density at radius 2 is 2.25 bits per heavy atom. The van der Waals surface area contributed by atoms with Crippen molar-refractivity contribution >= 4 is 0 Å². The fraction of sp³-hybridized carbons (Fsp3) is 1.00. The molecule has 0 aromatic heterocycles. The molecule has 0 radical (unpaired) electrons. The molecule has 72 valence electrons. The minimum absolute atomic E-state index is 0.163. The van der Waals surface area contributed by atoms with E-state index in [9.17, 15) is 0 Å². The SMILES string of the molecule is CCN1CCC(C(C)(C)ON)C1. The minimum Gasteiger partial charge on any atom is -0.303 e. The van der Waals surface area contributed by atoms with Crippen LogP contribution >= 0.6 is 0 Å². The van der Waals surface area contributed by atoms with Gasteiger partial charge in [-0.1, -0.05) is 6.92 Å². The van der Waals surface area contributed by atoms with Gasteiger partial charge in [-0.2, -0.15) is 0 Å². The Balaban J connectivity index is 2.46. The van der Waals surface area contributed by atoms with Gasteiger partial charge in [0.25, 0.3) is 0 Å². The van der Waals surface area contributed by atoms with Crippen molar-refractivity contribution in [2.45, 2.75) is 32.8 Å². The molecule has 12 heavy (non-hydrogen) atoms. The molecule has 0 amide bonds. The molecule has 0 saturated carbocycles. The highest BCUT2D eigenvalue weighted by atomic mass is 16.6. The maximum Gasteiger partial charge on any atom is 0.0878 e. The van der Waals surface area contributed by atoms with Gasteiger partial charge in [-0.3, -0.25) is 4.84 Å². The van der Waals surface area contributed by atoms with Gasteiger partial charge in [-0.15, -0.1) is 0 Å². The molecular weight excluding hydrogens is 152 g/mol. The Kier molecular flexibility index (Phi) is 3.09. The summed E-state index contributed by atoms with van der Waals surface area (Å²) < 4.78 is 0. The predicted molar refractivity (Wildman–Crippen MR) is 49.6 cm³/mol. The van der Waals surface area contributed by atoms with Gasteiger partial charge >= 0.3 is 0 Å². The minimum atomic E-state index is -0.163. The average Bonchev–Trinajstić information content (AvgIpc) is 2.52. The van der Waals surface area contributed by atoms with Gasteiger partial charge in [0.15, 0.2) is 0 Å². The summed E-state index contributed by atoms with van der Waals surface area (Å²) in [5.74, 6) is 5.84. The van der Waals surface area contributed by atoms with E-state index in [4.69, 9.17) is 10.7 Å². The standard InChI is InChI=1S/C9H20N2O/c1-4-11-6-5-8(7-11)9(2,3)12-10/h8H,4-7,10H2,1-3H3. The highest BCUT2D eigenvalue weighted by molar-refractivity contribution is 4.86. The van der Waals surface area contributed by atoms with Crippen molar-refractivity contribution in [2.75, 3.05) is 19.6 Å². The summed E-state index contributed by atoms with van der Waals surface area (Å²) in [6.45, 7) is 9.78. The molecule has 1 fully saturated rings. The topological polar surface area (TPSA) is 38.5 Å². The predicted octanol–water partition coefficient (Wildman–Crippen LogP) is 0.997.